The average molecular weight is 361 g/mol. The molecule has 0 aromatic rings. The predicted molar refractivity (Wildman–Crippen MR) is 87.5 cm³/mol. The number of ether oxygens (including phenoxy) is 3. The van der Waals surface area contributed by atoms with Gasteiger partial charge in [-0.15, -0.1) is 0 Å². The molecule has 0 radical (unpaired) electrons. The van der Waals surface area contributed by atoms with Crippen LogP contribution in [0.3, 0.4) is 0 Å². The number of hydrogen-bond donors (Lipinski definition) is 3. The summed E-state index contributed by atoms with van der Waals surface area (Å²) in [6, 6.07) is -0.915. The van der Waals surface area contributed by atoms with E-state index < -0.39 is 35.7 Å². The van der Waals surface area contributed by atoms with Crippen LogP contribution in [0.15, 0.2) is 0 Å². The van der Waals surface area contributed by atoms with E-state index in [2.05, 4.69) is 15.4 Å². The van der Waals surface area contributed by atoms with Gasteiger partial charge < -0.3 is 30.6 Å². The van der Waals surface area contributed by atoms with Crippen molar-refractivity contribution in [3.05, 3.63) is 0 Å². The quantitative estimate of drug-likeness (QED) is 0.320. The molecule has 3 amide bonds. The molecule has 0 aliphatic carbocycles. The van der Waals surface area contributed by atoms with E-state index in [0.717, 1.165) is 0 Å². The Morgan fingerprint density at radius 1 is 1.04 bits per heavy atom. The van der Waals surface area contributed by atoms with Crippen LogP contribution in [0.4, 0.5) is 9.59 Å². The molecule has 10 nitrogen and oxygen atoms in total. The fourth-order valence-corrected chi connectivity index (χ4v) is 1.56. The maximum absolute atomic E-state index is 12.0. The Hall–Kier alpha value is -2.52. The van der Waals surface area contributed by atoms with E-state index in [4.69, 9.17) is 15.2 Å². The molecule has 144 valence electrons. The smallest absolute Gasteiger partial charge is 0.408 e. The lowest BCUT2D eigenvalue weighted by molar-refractivity contribution is -0.150. The first kappa shape index (κ1) is 22.5. The van der Waals surface area contributed by atoms with E-state index in [1.54, 1.807) is 34.6 Å². The number of rotatable bonds is 8. The third-order valence-electron chi connectivity index (χ3n) is 2.60. The van der Waals surface area contributed by atoms with Crippen molar-refractivity contribution >= 4 is 24.1 Å². The molecule has 0 aromatic heterocycles. The first-order valence-corrected chi connectivity index (χ1v) is 7.77. The van der Waals surface area contributed by atoms with E-state index in [-0.39, 0.29) is 25.7 Å². The van der Waals surface area contributed by atoms with Gasteiger partial charge in [0.2, 0.25) is 5.91 Å². The molecule has 25 heavy (non-hydrogen) atoms. The van der Waals surface area contributed by atoms with Crippen LogP contribution in [0, 0.1) is 5.92 Å². The fraction of sp³-hybridized carbons (Fsp3) is 0.733. The third kappa shape index (κ3) is 11.6. The average Bonchev–Trinajstić information content (AvgIpc) is 2.44. The summed E-state index contributed by atoms with van der Waals surface area (Å²) in [6.07, 6.45) is -1.71. The summed E-state index contributed by atoms with van der Waals surface area (Å²) < 4.78 is 14.3. The molecule has 0 saturated carbocycles. The van der Waals surface area contributed by atoms with Gasteiger partial charge in [0.1, 0.15) is 31.4 Å². The molecule has 0 aliphatic heterocycles. The molecule has 4 N–H and O–H groups in total. The Bertz CT molecular complexity index is 486. The van der Waals surface area contributed by atoms with Gasteiger partial charge in [-0.25, -0.2) is 14.4 Å². The van der Waals surface area contributed by atoms with Gasteiger partial charge in [0.15, 0.2) is 0 Å². The van der Waals surface area contributed by atoms with E-state index in [1.807, 2.05) is 0 Å². The van der Waals surface area contributed by atoms with Gasteiger partial charge >= 0.3 is 18.2 Å². The highest BCUT2D eigenvalue weighted by molar-refractivity contribution is 5.87. The lowest BCUT2D eigenvalue weighted by Crippen LogP contribution is -2.49. The Kier molecular flexibility index (Phi) is 9.32. The van der Waals surface area contributed by atoms with Gasteiger partial charge in [0.05, 0.1) is 0 Å². The zero-order valence-electron chi connectivity index (χ0n) is 15.2. The summed E-state index contributed by atoms with van der Waals surface area (Å²) in [7, 11) is 0. The Labute approximate surface area is 146 Å². The van der Waals surface area contributed by atoms with Crippen LogP contribution < -0.4 is 16.4 Å². The van der Waals surface area contributed by atoms with Gasteiger partial charge in [-0.2, -0.15) is 0 Å². The minimum Gasteiger partial charge on any atom is -0.461 e. The molecule has 10 heteroatoms. The second kappa shape index (κ2) is 10.4. The molecule has 0 bridgehead atoms. The van der Waals surface area contributed by atoms with Crippen LogP contribution in [0.25, 0.3) is 0 Å². The van der Waals surface area contributed by atoms with Crippen LogP contribution >= 0.6 is 0 Å². The van der Waals surface area contributed by atoms with Crippen LogP contribution in [0.5, 0.6) is 0 Å². The number of esters is 1. The number of nitrogens with two attached hydrogens (primary N) is 1. The van der Waals surface area contributed by atoms with Crippen molar-refractivity contribution in [1.82, 2.24) is 10.6 Å². The van der Waals surface area contributed by atoms with Crippen LogP contribution in [0.1, 0.15) is 34.6 Å². The monoisotopic (exact) mass is 361 g/mol. The Morgan fingerprint density at radius 2 is 1.60 bits per heavy atom. The normalized spacial score (nSPS) is 12.1. The molecule has 0 heterocycles. The minimum absolute atomic E-state index is 0.181. The summed E-state index contributed by atoms with van der Waals surface area (Å²) in [5, 5.41) is 4.76. The highest BCUT2D eigenvalue weighted by atomic mass is 16.6. The highest BCUT2D eigenvalue weighted by Gasteiger charge is 2.26. The van der Waals surface area contributed by atoms with Crippen molar-refractivity contribution in [1.29, 1.82) is 0 Å². The molecular weight excluding hydrogens is 334 g/mol. The summed E-state index contributed by atoms with van der Waals surface area (Å²) in [4.78, 5) is 45.7. The topological polar surface area (TPSA) is 146 Å². The van der Waals surface area contributed by atoms with Crippen LogP contribution in [-0.2, 0) is 23.8 Å². The number of carbonyl (C=O) groups excluding carboxylic acids is 4. The van der Waals surface area contributed by atoms with Crippen molar-refractivity contribution in [2.45, 2.75) is 46.3 Å². The first-order chi connectivity index (χ1) is 11.4. The molecule has 0 fully saturated rings. The molecular formula is C15H27N3O7. The number of amides is 3. The zero-order chi connectivity index (χ0) is 19.6. The van der Waals surface area contributed by atoms with Crippen LogP contribution in [-0.4, -0.2) is 55.5 Å². The van der Waals surface area contributed by atoms with Crippen molar-refractivity contribution < 1.29 is 33.4 Å². The number of hydrogen-bond acceptors (Lipinski definition) is 7. The maximum atomic E-state index is 12.0. The molecule has 0 saturated heterocycles. The Balaban J connectivity index is 4.36. The lowest BCUT2D eigenvalue weighted by Gasteiger charge is -2.22. The predicted octanol–water partition coefficient (Wildman–Crippen LogP) is 0.290. The van der Waals surface area contributed by atoms with E-state index in [9.17, 15) is 19.2 Å². The SMILES string of the molecule is CC(C)C(NC(=O)CNC(=O)OC(C)(C)C)C(=O)OCCOC(N)=O. The minimum atomic E-state index is -0.974. The third-order valence-corrected chi connectivity index (χ3v) is 2.60. The van der Waals surface area contributed by atoms with E-state index >= 15 is 0 Å². The molecule has 0 aliphatic rings. The van der Waals surface area contributed by atoms with Crippen molar-refractivity contribution in [3.63, 3.8) is 0 Å². The van der Waals surface area contributed by atoms with Gasteiger partial charge in [0, 0.05) is 0 Å². The summed E-state index contributed by atoms with van der Waals surface area (Å²) >= 11 is 0. The Morgan fingerprint density at radius 3 is 2.08 bits per heavy atom. The molecule has 0 rings (SSSR count). The molecule has 1 atom stereocenters. The van der Waals surface area contributed by atoms with Crippen LogP contribution in [0.2, 0.25) is 0 Å². The van der Waals surface area contributed by atoms with E-state index in [0.29, 0.717) is 0 Å². The van der Waals surface area contributed by atoms with Crippen molar-refractivity contribution in [3.8, 4) is 0 Å². The second-order valence-electron chi connectivity index (χ2n) is 6.48. The van der Waals surface area contributed by atoms with Crippen molar-refractivity contribution in [2.75, 3.05) is 19.8 Å². The summed E-state index contributed by atoms with van der Waals surface area (Å²) in [5.74, 6) is -1.52. The van der Waals surface area contributed by atoms with Gasteiger partial charge in [-0.05, 0) is 26.7 Å². The maximum Gasteiger partial charge on any atom is 0.408 e. The number of nitrogens with one attached hydrogen (secondary N) is 2. The summed E-state index contributed by atoms with van der Waals surface area (Å²) in [6.45, 7) is 7.80. The van der Waals surface area contributed by atoms with Crippen molar-refractivity contribution in [2.24, 2.45) is 11.7 Å². The number of alkyl carbamates (subject to hydrolysis) is 1. The van der Waals surface area contributed by atoms with Gasteiger partial charge in [-0.3, -0.25) is 4.79 Å². The lowest BCUT2D eigenvalue weighted by atomic mass is 10.0. The second-order valence-corrected chi connectivity index (χ2v) is 6.48. The largest absolute Gasteiger partial charge is 0.461 e. The number of primary amides is 1. The first-order valence-electron chi connectivity index (χ1n) is 7.77. The molecule has 1 unspecified atom stereocenters. The zero-order valence-corrected chi connectivity index (χ0v) is 15.2. The standard InChI is InChI=1S/C15H27N3O7/c1-9(2)11(12(20)23-6-7-24-13(16)21)18-10(19)8-17-14(22)25-15(3,4)5/h9,11H,6-8H2,1-5H3,(H2,16,21)(H,17,22)(H,18,19). The van der Waals surface area contributed by atoms with Gasteiger partial charge in [-0.1, -0.05) is 13.8 Å². The van der Waals surface area contributed by atoms with Gasteiger partial charge in [0.25, 0.3) is 0 Å². The van der Waals surface area contributed by atoms with E-state index in [1.165, 1.54) is 0 Å². The highest BCUT2D eigenvalue weighted by Crippen LogP contribution is 2.06. The fourth-order valence-electron chi connectivity index (χ4n) is 1.56. The number of carbonyl (C=O) groups is 4. The molecule has 0 aromatic carbocycles. The summed E-state index contributed by atoms with van der Waals surface area (Å²) in [5.41, 5.74) is 4.09. The molecule has 0 spiro atoms.